The van der Waals surface area contributed by atoms with Crippen LogP contribution in [-0.4, -0.2) is 31.4 Å². The van der Waals surface area contributed by atoms with Gasteiger partial charge in [-0.3, -0.25) is 0 Å². The number of ether oxygens (including phenoxy) is 1. The van der Waals surface area contributed by atoms with Gasteiger partial charge in [0.15, 0.2) is 5.82 Å². The lowest BCUT2D eigenvalue weighted by Gasteiger charge is -2.37. The number of nitrogens with zero attached hydrogens (tertiary/aromatic N) is 3. The highest BCUT2D eigenvalue weighted by Crippen LogP contribution is 2.44. The molecule has 0 bridgehead atoms. The molecule has 8 heteroatoms. The van der Waals surface area contributed by atoms with Crippen molar-refractivity contribution in [3.63, 3.8) is 0 Å². The van der Waals surface area contributed by atoms with Crippen LogP contribution in [0.25, 0.3) is 44.6 Å². The van der Waals surface area contributed by atoms with Crippen molar-refractivity contribution in [3.05, 3.63) is 178 Å². The molecule has 0 aliphatic heterocycles. The van der Waals surface area contributed by atoms with E-state index in [1.54, 1.807) is 0 Å². The molecule has 2 heterocycles. The van der Waals surface area contributed by atoms with Gasteiger partial charge in [-0.05, 0) is 78.9 Å². The summed E-state index contributed by atoms with van der Waals surface area (Å²) in [6, 6.07) is 52.3. The number of benzene rings is 6. The van der Waals surface area contributed by atoms with Gasteiger partial charge in [-0.2, -0.15) is 5.10 Å². The highest BCUT2D eigenvalue weighted by Gasteiger charge is 2.41. The number of alkyl carbamates (subject to hydrolysis) is 1. The Hall–Kier alpha value is -5.99. The molecule has 8 aromatic rings. The highest BCUT2D eigenvalue weighted by molar-refractivity contribution is 9.10. The second-order valence-electron chi connectivity index (χ2n) is 14.1. The lowest BCUT2D eigenvalue weighted by molar-refractivity contribution is 0.0523. The molecule has 8 rings (SSSR count). The van der Waals surface area contributed by atoms with Gasteiger partial charge < -0.3 is 15.0 Å². The molecule has 6 aromatic carbocycles. The fourth-order valence-electron chi connectivity index (χ4n) is 7.14. The van der Waals surface area contributed by atoms with E-state index in [0.29, 0.717) is 12.4 Å². The van der Waals surface area contributed by atoms with Crippen molar-refractivity contribution in [1.29, 1.82) is 0 Å². The van der Waals surface area contributed by atoms with Gasteiger partial charge in [-0.25, -0.2) is 14.5 Å². The van der Waals surface area contributed by atoms with Crippen LogP contribution < -0.4 is 5.32 Å². The Morgan fingerprint density at radius 3 is 2.00 bits per heavy atom. The van der Waals surface area contributed by atoms with Crippen LogP contribution in [0.4, 0.5) is 4.79 Å². The molecule has 0 atom stereocenters. The van der Waals surface area contributed by atoms with Crippen molar-refractivity contribution < 1.29 is 9.53 Å². The minimum absolute atomic E-state index is 0.342. The van der Waals surface area contributed by atoms with Gasteiger partial charge >= 0.3 is 6.09 Å². The first-order chi connectivity index (χ1) is 25.7. The van der Waals surface area contributed by atoms with E-state index in [9.17, 15) is 4.79 Å². The number of aromatic nitrogens is 4. The first-order valence-electron chi connectivity index (χ1n) is 17.6. The van der Waals surface area contributed by atoms with Crippen LogP contribution in [0.5, 0.6) is 0 Å². The maximum atomic E-state index is 12.4. The number of rotatable bonds is 8. The molecule has 0 saturated heterocycles. The third-order valence-electron chi connectivity index (χ3n) is 9.35. The molecule has 0 saturated carbocycles. The number of H-pyrrole nitrogens is 1. The van der Waals surface area contributed by atoms with Crippen LogP contribution in [0.15, 0.2) is 156 Å². The molecular weight excluding hydrogens is 722 g/mol. The fraction of sp³-hybridized carbons (Fsp3) is 0.133. The lowest BCUT2D eigenvalue weighted by Crippen LogP contribution is -2.38. The third-order valence-corrected chi connectivity index (χ3v) is 9.84. The lowest BCUT2D eigenvalue weighted by atomic mass is 9.77. The number of nitrogens with one attached hydrogen (secondary N) is 2. The number of aromatic amines is 1. The number of para-hydroxylation sites is 1. The normalized spacial score (nSPS) is 11.9. The summed E-state index contributed by atoms with van der Waals surface area (Å²) in [6.07, 6.45) is -0.448. The molecule has 0 unspecified atom stereocenters. The maximum Gasteiger partial charge on any atom is 0.407 e. The van der Waals surface area contributed by atoms with Gasteiger partial charge in [0.2, 0.25) is 0 Å². The summed E-state index contributed by atoms with van der Waals surface area (Å²) in [7, 11) is 0. The minimum Gasteiger partial charge on any atom is -0.444 e. The molecule has 0 spiro atoms. The number of fused-ring (bicyclic) bond motifs is 2. The second kappa shape index (κ2) is 13.9. The van der Waals surface area contributed by atoms with Gasteiger partial charge in [0, 0.05) is 22.0 Å². The Balaban J connectivity index is 1.29. The van der Waals surface area contributed by atoms with Gasteiger partial charge in [-0.15, -0.1) is 0 Å². The molecule has 0 aliphatic carbocycles. The molecule has 0 aliphatic rings. The number of hydrogen-bond acceptors (Lipinski definition) is 4. The second-order valence-corrected chi connectivity index (χ2v) is 15.0. The topological polar surface area (TPSA) is 84.8 Å². The number of amides is 1. The van der Waals surface area contributed by atoms with E-state index >= 15 is 0 Å². The predicted molar refractivity (Wildman–Crippen MR) is 216 cm³/mol. The largest absolute Gasteiger partial charge is 0.444 e. The third kappa shape index (κ3) is 6.51. The Morgan fingerprint density at radius 1 is 0.755 bits per heavy atom. The van der Waals surface area contributed by atoms with Crippen LogP contribution in [0.3, 0.4) is 0 Å². The first kappa shape index (κ1) is 34.1. The Kier molecular flexibility index (Phi) is 8.92. The molecule has 7 nitrogen and oxygen atoms in total. The fourth-order valence-corrected chi connectivity index (χ4v) is 7.50. The minimum atomic E-state index is -0.806. The zero-order valence-electron chi connectivity index (χ0n) is 29.7. The van der Waals surface area contributed by atoms with Crippen molar-refractivity contribution in [2.45, 2.75) is 38.5 Å². The standard InChI is InChI=1S/C45H38BrN5O2/c1-44(2,3)53-43(52)47-29-30-15-13-16-31(27-30)36-23-14-24-38-40(36)49-42(48-38)41-37-28-35(46)25-26-39(37)51(50-41)45(32-17-7-4-8-18-32,33-19-9-5-10-20-33)34-21-11-6-12-22-34/h4-28H,29H2,1-3H3,(H,47,52)(H,48,49). The van der Waals surface area contributed by atoms with Crippen LogP contribution in [0.1, 0.15) is 43.0 Å². The van der Waals surface area contributed by atoms with Crippen molar-refractivity contribution in [2.24, 2.45) is 0 Å². The van der Waals surface area contributed by atoms with E-state index in [-0.39, 0.29) is 0 Å². The molecular formula is C45H38BrN5O2. The number of imidazole rings is 1. The van der Waals surface area contributed by atoms with Gasteiger partial charge in [0.1, 0.15) is 16.8 Å². The Morgan fingerprint density at radius 2 is 1.38 bits per heavy atom. The molecule has 2 aromatic heterocycles. The zero-order chi connectivity index (χ0) is 36.6. The van der Waals surface area contributed by atoms with E-state index in [1.807, 2.05) is 63.2 Å². The van der Waals surface area contributed by atoms with Crippen LogP contribution in [-0.2, 0) is 16.8 Å². The van der Waals surface area contributed by atoms with Gasteiger partial charge in [-0.1, -0.05) is 137 Å². The van der Waals surface area contributed by atoms with Crippen molar-refractivity contribution >= 4 is 44.0 Å². The van der Waals surface area contributed by atoms with Gasteiger partial charge in [0.05, 0.1) is 16.6 Å². The quantitative estimate of drug-likeness (QED) is 0.151. The summed E-state index contributed by atoms with van der Waals surface area (Å²) in [5.41, 5.74) is 8.24. The Bertz CT molecular complexity index is 2460. The number of carbonyl (C=O) groups is 1. The summed E-state index contributed by atoms with van der Waals surface area (Å²) in [5, 5.41) is 9.36. The number of halogens is 1. The van der Waals surface area contributed by atoms with E-state index in [2.05, 4.69) is 140 Å². The molecule has 2 N–H and O–H groups in total. The van der Waals surface area contributed by atoms with Crippen molar-refractivity contribution in [1.82, 2.24) is 25.1 Å². The Labute approximate surface area is 316 Å². The van der Waals surface area contributed by atoms with Crippen LogP contribution >= 0.6 is 15.9 Å². The summed E-state index contributed by atoms with van der Waals surface area (Å²) < 4.78 is 8.55. The molecule has 53 heavy (non-hydrogen) atoms. The summed E-state index contributed by atoms with van der Waals surface area (Å²) in [4.78, 5) is 21.2. The predicted octanol–water partition coefficient (Wildman–Crippen LogP) is 10.9. The monoisotopic (exact) mass is 759 g/mol. The molecule has 0 radical (unpaired) electrons. The van der Waals surface area contributed by atoms with E-state index < -0.39 is 17.2 Å². The van der Waals surface area contributed by atoms with Crippen molar-refractivity contribution in [3.8, 4) is 22.6 Å². The summed E-state index contributed by atoms with van der Waals surface area (Å²) >= 11 is 3.75. The van der Waals surface area contributed by atoms with Crippen LogP contribution in [0.2, 0.25) is 0 Å². The summed E-state index contributed by atoms with van der Waals surface area (Å²) in [5.74, 6) is 0.667. The van der Waals surface area contributed by atoms with Gasteiger partial charge in [0.25, 0.3) is 0 Å². The van der Waals surface area contributed by atoms with E-state index in [4.69, 9.17) is 14.8 Å². The van der Waals surface area contributed by atoms with E-state index in [0.717, 1.165) is 65.5 Å². The number of hydrogen-bond donors (Lipinski definition) is 2. The average Bonchev–Trinajstić information content (AvgIpc) is 3.77. The van der Waals surface area contributed by atoms with Crippen LogP contribution in [0, 0.1) is 0 Å². The molecule has 1 amide bonds. The highest BCUT2D eigenvalue weighted by atomic mass is 79.9. The molecule has 0 fully saturated rings. The average molecular weight is 761 g/mol. The maximum absolute atomic E-state index is 12.4. The zero-order valence-corrected chi connectivity index (χ0v) is 31.3. The summed E-state index contributed by atoms with van der Waals surface area (Å²) in [6.45, 7) is 5.90. The number of carbonyl (C=O) groups excluding carboxylic acids is 1. The van der Waals surface area contributed by atoms with Crippen molar-refractivity contribution in [2.75, 3.05) is 0 Å². The smallest absolute Gasteiger partial charge is 0.407 e. The first-order valence-corrected chi connectivity index (χ1v) is 18.4. The molecule has 262 valence electrons. The SMILES string of the molecule is CC(C)(C)OC(=O)NCc1cccc(-c2cccc3[nH]c(-c4nn(C(c5ccccc5)(c5ccccc5)c5ccccc5)c5ccc(Br)cc45)nc23)c1. The van der Waals surface area contributed by atoms with E-state index in [1.165, 1.54) is 0 Å².